The van der Waals surface area contributed by atoms with E-state index < -0.39 is 9.84 Å². The van der Waals surface area contributed by atoms with Crippen LogP contribution in [0, 0.1) is 12.8 Å². The molecule has 154 valence electrons. The van der Waals surface area contributed by atoms with Gasteiger partial charge in [0, 0.05) is 17.6 Å². The lowest BCUT2D eigenvalue weighted by molar-refractivity contribution is -0.149. The lowest BCUT2D eigenvalue weighted by Crippen LogP contribution is -2.34. The van der Waals surface area contributed by atoms with Crippen molar-refractivity contribution in [2.45, 2.75) is 35.9 Å². The van der Waals surface area contributed by atoms with Gasteiger partial charge in [0.15, 0.2) is 0 Å². The van der Waals surface area contributed by atoms with Gasteiger partial charge in [-0.05, 0) is 37.5 Å². The molecule has 4 aromatic rings. The highest BCUT2D eigenvalue weighted by atomic mass is 32.2. The highest BCUT2D eigenvalue weighted by Gasteiger charge is 2.41. The quantitative estimate of drug-likeness (QED) is 0.504. The highest BCUT2D eigenvalue weighted by molar-refractivity contribution is 7.91. The Kier molecular flexibility index (Phi) is 4.18. The molecule has 0 aliphatic heterocycles. The van der Waals surface area contributed by atoms with Gasteiger partial charge < -0.3 is 14.3 Å². The molecule has 1 fully saturated rings. The molecule has 3 heterocycles. The maximum atomic E-state index is 13.6. The van der Waals surface area contributed by atoms with Gasteiger partial charge in [-0.1, -0.05) is 18.2 Å². The Labute approximate surface area is 172 Å². The molecular weight excluding hydrogens is 404 g/mol. The second-order valence-corrected chi connectivity index (χ2v) is 9.42. The van der Waals surface area contributed by atoms with Crippen LogP contribution >= 0.6 is 0 Å². The Hall–Kier alpha value is -3.20. The first kappa shape index (κ1) is 18.8. The first-order valence-electron chi connectivity index (χ1n) is 9.64. The first-order chi connectivity index (χ1) is 14.4. The number of aryl methyl sites for hydroxylation is 1. The molecule has 0 radical (unpaired) electrons. The number of benzene rings is 1. The number of nitrogens with one attached hydrogen (secondary N) is 1. The predicted octanol–water partition coefficient (Wildman–Crippen LogP) is 3.18. The largest absolute Gasteiger partial charge is 0.469 e. The second-order valence-electron chi connectivity index (χ2n) is 7.61. The van der Waals surface area contributed by atoms with E-state index in [1.807, 2.05) is 6.07 Å². The van der Waals surface area contributed by atoms with Crippen molar-refractivity contribution in [2.24, 2.45) is 5.92 Å². The Morgan fingerprint density at radius 1 is 1.23 bits per heavy atom. The van der Waals surface area contributed by atoms with Crippen molar-refractivity contribution in [3.05, 3.63) is 48.3 Å². The zero-order chi connectivity index (χ0) is 21.0. The molecule has 3 aromatic heterocycles. The number of aromatic nitrogens is 4. The topological polar surface area (TPSA) is 107 Å². The van der Waals surface area contributed by atoms with Gasteiger partial charge in [-0.2, -0.15) is 0 Å². The summed E-state index contributed by atoms with van der Waals surface area (Å²) in [5, 5.41) is 0.781. The van der Waals surface area contributed by atoms with E-state index in [1.54, 1.807) is 48.1 Å². The van der Waals surface area contributed by atoms with Crippen molar-refractivity contribution in [3.63, 3.8) is 0 Å². The summed E-state index contributed by atoms with van der Waals surface area (Å²) < 4.78 is 33.9. The minimum absolute atomic E-state index is 0.0179. The van der Waals surface area contributed by atoms with E-state index in [-0.39, 0.29) is 28.0 Å². The summed E-state index contributed by atoms with van der Waals surface area (Å²) in [6, 6.07) is 8.56. The molecule has 0 saturated heterocycles. The number of ether oxygens (including phenoxy) is 1. The number of esters is 1. The maximum Gasteiger partial charge on any atom is 0.308 e. The van der Waals surface area contributed by atoms with Crippen molar-refractivity contribution in [1.29, 1.82) is 0 Å². The van der Waals surface area contributed by atoms with Crippen LogP contribution < -0.4 is 0 Å². The summed E-state index contributed by atoms with van der Waals surface area (Å²) in [6.07, 6.45) is 4.35. The number of sulfone groups is 1. The number of imidazole rings is 1. The second kappa shape index (κ2) is 6.66. The van der Waals surface area contributed by atoms with Gasteiger partial charge in [0.2, 0.25) is 15.0 Å². The van der Waals surface area contributed by atoms with Gasteiger partial charge in [0.05, 0.1) is 29.6 Å². The summed E-state index contributed by atoms with van der Waals surface area (Å²) in [6.45, 7) is 1.77. The van der Waals surface area contributed by atoms with Gasteiger partial charge in [-0.25, -0.2) is 18.4 Å². The predicted molar refractivity (Wildman–Crippen MR) is 110 cm³/mol. The average molecular weight is 424 g/mol. The van der Waals surface area contributed by atoms with Crippen LogP contribution in [-0.2, 0) is 19.4 Å². The molecule has 0 unspecified atom stereocenters. The van der Waals surface area contributed by atoms with Crippen molar-refractivity contribution in [2.75, 3.05) is 7.11 Å². The minimum Gasteiger partial charge on any atom is -0.469 e. The van der Waals surface area contributed by atoms with E-state index in [2.05, 4.69) is 15.0 Å². The van der Waals surface area contributed by atoms with Gasteiger partial charge in [0.1, 0.15) is 11.2 Å². The SMILES string of the molecule is COC(=O)C1CC(n2c(S(=O)(=O)c3ccccc3C)nc3cnc4[nH]ccc4c32)C1. The Bertz CT molecular complexity index is 1400. The third kappa shape index (κ3) is 2.65. The number of aromatic amines is 1. The molecule has 8 nitrogen and oxygen atoms in total. The Balaban J connectivity index is 1.75. The number of hydrogen-bond donors (Lipinski definition) is 1. The fourth-order valence-electron chi connectivity index (χ4n) is 4.21. The molecule has 0 atom stereocenters. The van der Waals surface area contributed by atoms with Crippen LogP contribution in [0.2, 0.25) is 0 Å². The molecule has 5 rings (SSSR count). The van der Waals surface area contributed by atoms with Crippen LogP contribution in [0.25, 0.3) is 22.1 Å². The number of carbonyl (C=O) groups is 1. The van der Waals surface area contributed by atoms with Crippen molar-refractivity contribution in [3.8, 4) is 0 Å². The molecule has 0 bridgehead atoms. The smallest absolute Gasteiger partial charge is 0.308 e. The third-order valence-electron chi connectivity index (χ3n) is 5.84. The first-order valence-corrected chi connectivity index (χ1v) is 11.1. The molecule has 1 N–H and O–H groups in total. The number of H-pyrrole nitrogens is 1. The fraction of sp³-hybridized carbons (Fsp3) is 0.286. The van der Waals surface area contributed by atoms with E-state index in [9.17, 15) is 13.2 Å². The van der Waals surface area contributed by atoms with Crippen molar-refractivity contribution < 1.29 is 17.9 Å². The number of hydrogen-bond acceptors (Lipinski definition) is 6. The Morgan fingerprint density at radius 2 is 2.00 bits per heavy atom. The standard InChI is InChI=1S/C21H20N4O4S/c1-12-5-3-4-6-17(12)30(27,28)21-24-16-11-23-19-15(7-8-22-19)18(16)25(21)14-9-13(10-14)20(26)29-2/h3-8,11,13-14H,9-10H2,1-2H3,(H,22,23). The van der Waals surface area contributed by atoms with Crippen LogP contribution in [0.1, 0.15) is 24.4 Å². The minimum atomic E-state index is -3.88. The van der Waals surface area contributed by atoms with Crippen molar-refractivity contribution in [1.82, 2.24) is 19.5 Å². The van der Waals surface area contributed by atoms with Crippen LogP contribution in [0.4, 0.5) is 0 Å². The van der Waals surface area contributed by atoms with Gasteiger partial charge >= 0.3 is 5.97 Å². The molecule has 1 aliphatic rings. The Morgan fingerprint density at radius 3 is 2.73 bits per heavy atom. The lowest BCUT2D eigenvalue weighted by atomic mass is 9.80. The molecular formula is C21H20N4O4S. The van der Waals surface area contributed by atoms with Gasteiger partial charge in [-0.3, -0.25) is 4.79 Å². The number of rotatable bonds is 4. The van der Waals surface area contributed by atoms with E-state index in [1.165, 1.54) is 7.11 Å². The zero-order valence-electron chi connectivity index (χ0n) is 16.5. The van der Waals surface area contributed by atoms with Crippen LogP contribution in [-0.4, -0.2) is 41.0 Å². The third-order valence-corrected chi connectivity index (χ3v) is 7.64. The number of methoxy groups -OCH3 is 1. The van der Waals surface area contributed by atoms with Crippen LogP contribution in [0.3, 0.4) is 0 Å². The van der Waals surface area contributed by atoms with Crippen LogP contribution in [0.15, 0.2) is 52.8 Å². The lowest BCUT2D eigenvalue weighted by Gasteiger charge is -2.35. The molecule has 0 spiro atoms. The average Bonchev–Trinajstić information content (AvgIpc) is 3.31. The molecule has 1 saturated carbocycles. The summed E-state index contributed by atoms with van der Waals surface area (Å²) in [7, 11) is -2.51. The number of pyridine rings is 1. The number of nitrogens with zero attached hydrogens (tertiary/aromatic N) is 3. The van der Waals surface area contributed by atoms with E-state index >= 15 is 0 Å². The molecule has 1 aromatic carbocycles. The maximum absolute atomic E-state index is 13.6. The van der Waals surface area contributed by atoms with Crippen LogP contribution in [0.5, 0.6) is 0 Å². The van der Waals surface area contributed by atoms with Gasteiger partial charge in [-0.15, -0.1) is 0 Å². The molecule has 1 aliphatic carbocycles. The summed E-state index contributed by atoms with van der Waals surface area (Å²) in [5.41, 5.74) is 2.53. The number of carbonyl (C=O) groups excluding carboxylic acids is 1. The summed E-state index contributed by atoms with van der Waals surface area (Å²) in [4.78, 5) is 24.1. The monoisotopic (exact) mass is 424 g/mol. The van der Waals surface area contributed by atoms with E-state index in [0.717, 1.165) is 5.39 Å². The molecule has 0 amide bonds. The van der Waals surface area contributed by atoms with Gasteiger partial charge in [0.25, 0.3) is 0 Å². The van der Waals surface area contributed by atoms with Crippen molar-refractivity contribution >= 4 is 37.9 Å². The normalized spacial score (nSPS) is 19.1. The number of fused-ring (bicyclic) bond motifs is 3. The summed E-state index contributed by atoms with van der Waals surface area (Å²) in [5.74, 6) is -0.512. The van der Waals surface area contributed by atoms with E-state index in [4.69, 9.17) is 4.74 Å². The fourth-order valence-corrected chi connectivity index (χ4v) is 5.88. The zero-order valence-corrected chi connectivity index (χ0v) is 17.3. The highest BCUT2D eigenvalue weighted by Crippen LogP contribution is 2.43. The van der Waals surface area contributed by atoms with E-state index in [0.29, 0.717) is 35.1 Å². The molecule has 9 heteroatoms. The summed E-state index contributed by atoms with van der Waals surface area (Å²) >= 11 is 0. The molecule has 30 heavy (non-hydrogen) atoms.